The molecule has 0 heterocycles. The largest absolute Gasteiger partial charge is 0.493 e. The van der Waals surface area contributed by atoms with Gasteiger partial charge in [0.15, 0.2) is 0 Å². The summed E-state index contributed by atoms with van der Waals surface area (Å²) in [5, 5.41) is 2.24. The minimum atomic E-state index is -0.787. The van der Waals surface area contributed by atoms with E-state index in [1.54, 1.807) is 0 Å². The first-order valence-electron chi connectivity index (χ1n) is 7.00. The summed E-state index contributed by atoms with van der Waals surface area (Å²) in [5.41, 5.74) is 0.604. The maximum atomic E-state index is 13.4. The molecular weight excluding hydrogens is 288 g/mol. The van der Waals surface area contributed by atoms with E-state index in [0.29, 0.717) is 13.0 Å². The third kappa shape index (κ3) is 4.28. The first-order chi connectivity index (χ1) is 10.6. The van der Waals surface area contributed by atoms with Gasteiger partial charge in [0.2, 0.25) is 5.91 Å². The molecule has 0 aromatic heterocycles. The number of para-hydroxylation sites is 2. The second kappa shape index (κ2) is 7.54. The maximum absolute atomic E-state index is 13.4. The number of carbonyl (C=O) groups is 1. The van der Waals surface area contributed by atoms with Gasteiger partial charge in [0, 0.05) is 6.42 Å². The molecule has 2 aromatic carbocycles. The van der Waals surface area contributed by atoms with E-state index in [-0.39, 0.29) is 6.42 Å². The molecule has 3 nitrogen and oxygen atoms in total. The van der Waals surface area contributed by atoms with Crippen LogP contribution < -0.4 is 10.1 Å². The minimum absolute atomic E-state index is 0.125. The SMILES string of the molecule is Cc1ccccc1OCCCC(=O)Nc1c(F)cccc1F. The van der Waals surface area contributed by atoms with E-state index in [0.717, 1.165) is 23.4 Å². The van der Waals surface area contributed by atoms with E-state index < -0.39 is 23.2 Å². The van der Waals surface area contributed by atoms with Gasteiger partial charge < -0.3 is 10.1 Å². The predicted molar refractivity (Wildman–Crippen MR) is 80.9 cm³/mol. The van der Waals surface area contributed by atoms with Crippen LogP contribution >= 0.6 is 0 Å². The van der Waals surface area contributed by atoms with Crippen LogP contribution in [-0.4, -0.2) is 12.5 Å². The van der Waals surface area contributed by atoms with Crippen LogP contribution in [0.15, 0.2) is 42.5 Å². The van der Waals surface area contributed by atoms with Crippen LogP contribution in [0.3, 0.4) is 0 Å². The average molecular weight is 305 g/mol. The molecule has 5 heteroatoms. The molecule has 0 aliphatic heterocycles. The van der Waals surface area contributed by atoms with Gasteiger partial charge in [0.1, 0.15) is 23.1 Å². The van der Waals surface area contributed by atoms with Gasteiger partial charge in [0.25, 0.3) is 0 Å². The van der Waals surface area contributed by atoms with E-state index in [9.17, 15) is 13.6 Å². The molecule has 0 atom stereocenters. The summed E-state index contributed by atoms with van der Waals surface area (Å²) in [4.78, 5) is 11.7. The highest BCUT2D eigenvalue weighted by Gasteiger charge is 2.11. The zero-order valence-electron chi connectivity index (χ0n) is 12.2. The molecule has 2 aromatic rings. The normalized spacial score (nSPS) is 10.3. The lowest BCUT2D eigenvalue weighted by atomic mass is 10.2. The van der Waals surface area contributed by atoms with E-state index >= 15 is 0 Å². The number of aryl methyl sites for hydroxylation is 1. The van der Waals surface area contributed by atoms with Gasteiger partial charge in [-0.2, -0.15) is 0 Å². The number of anilines is 1. The Morgan fingerprint density at radius 1 is 1.09 bits per heavy atom. The van der Waals surface area contributed by atoms with Crippen molar-refractivity contribution in [3.63, 3.8) is 0 Å². The molecule has 0 saturated heterocycles. The van der Waals surface area contributed by atoms with Crippen LogP contribution in [0.5, 0.6) is 5.75 Å². The van der Waals surface area contributed by atoms with Crippen LogP contribution in [0.4, 0.5) is 14.5 Å². The molecular formula is C17H17F2NO2. The Balaban J connectivity index is 1.78. The molecule has 0 saturated carbocycles. The van der Waals surface area contributed by atoms with Crippen molar-refractivity contribution in [1.82, 2.24) is 0 Å². The zero-order chi connectivity index (χ0) is 15.9. The lowest BCUT2D eigenvalue weighted by molar-refractivity contribution is -0.116. The Labute approximate surface area is 127 Å². The van der Waals surface area contributed by atoms with Gasteiger partial charge >= 0.3 is 0 Å². The van der Waals surface area contributed by atoms with E-state index in [4.69, 9.17) is 4.74 Å². The van der Waals surface area contributed by atoms with Crippen LogP contribution in [0.25, 0.3) is 0 Å². The van der Waals surface area contributed by atoms with E-state index in [1.165, 1.54) is 6.07 Å². The van der Waals surface area contributed by atoms with Crippen molar-refractivity contribution in [1.29, 1.82) is 0 Å². The molecule has 0 fully saturated rings. The van der Waals surface area contributed by atoms with Gasteiger partial charge in [-0.1, -0.05) is 24.3 Å². The quantitative estimate of drug-likeness (QED) is 0.817. The lowest BCUT2D eigenvalue weighted by Gasteiger charge is -2.09. The van der Waals surface area contributed by atoms with Gasteiger partial charge in [-0.3, -0.25) is 4.79 Å². The molecule has 0 spiro atoms. The molecule has 22 heavy (non-hydrogen) atoms. The van der Waals surface area contributed by atoms with Crippen LogP contribution in [0.2, 0.25) is 0 Å². The molecule has 0 unspecified atom stereocenters. The predicted octanol–water partition coefficient (Wildman–Crippen LogP) is 4.07. The molecule has 0 radical (unpaired) electrons. The van der Waals surface area contributed by atoms with Crippen molar-refractivity contribution in [2.45, 2.75) is 19.8 Å². The first-order valence-corrected chi connectivity index (χ1v) is 7.00. The fourth-order valence-electron chi connectivity index (χ4n) is 1.95. The van der Waals surface area contributed by atoms with Crippen molar-refractivity contribution in [2.24, 2.45) is 0 Å². The molecule has 0 bridgehead atoms. The molecule has 2 rings (SSSR count). The number of carbonyl (C=O) groups excluding carboxylic acids is 1. The highest BCUT2D eigenvalue weighted by atomic mass is 19.1. The number of ether oxygens (including phenoxy) is 1. The molecule has 116 valence electrons. The van der Waals surface area contributed by atoms with Crippen LogP contribution in [0, 0.1) is 18.6 Å². The van der Waals surface area contributed by atoms with Crippen LogP contribution in [0.1, 0.15) is 18.4 Å². The summed E-state index contributed by atoms with van der Waals surface area (Å²) in [7, 11) is 0. The fourth-order valence-corrected chi connectivity index (χ4v) is 1.95. The van der Waals surface area contributed by atoms with Gasteiger partial charge in [0.05, 0.1) is 6.61 Å². The zero-order valence-corrected chi connectivity index (χ0v) is 12.2. The monoisotopic (exact) mass is 305 g/mol. The molecule has 0 aliphatic rings. The summed E-state index contributed by atoms with van der Waals surface area (Å²) >= 11 is 0. The lowest BCUT2D eigenvalue weighted by Crippen LogP contribution is -2.15. The highest BCUT2D eigenvalue weighted by molar-refractivity contribution is 5.90. The Hall–Kier alpha value is -2.43. The molecule has 0 aliphatic carbocycles. The Kier molecular flexibility index (Phi) is 5.47. The van der Waals surface area contributed by atoms with Crippen molar-refractivity contribution in [2.75, 3.05) is 11.9 Å². The third-order valence-corrected chi connectivity index (χ3v) is 3.13. The number of hydrogen-bond acceptors (Lipinski definition) is 2. The number of hydrogen-bond donors (Lipinski definition) is 1. The Morgan fingerprint density at radius 3 is 2.45 bits per heavy atom. The Bertz CT molecular complexity index is 639. The maximum Gasteiger partial charge on any atom is 0.224 e. The summed E-state index contributed by atoms with van der Waals surface area (Å²) in [6.07, 6.45) is 0.579. The fraction of sp³-hybridized carbons (Fsp3) is 0.235. The van der Waals surface area contributed by atoms with Gasteiger partial charge in [-0.25, -0.2) is 8.78 Å². The summed E-state index contributed by atoms with van der Waals surface area (Å²) in [6.45, 7) is 2.29. The summed E-state index contributed by atoms with van der Waals surface area (Å²) in [5.74, 6) is -1.26. The van der Waals surface area contributed by atoms with Crippen molar-refractivity contribution < 1.29 is 18.3 Å². The number of rotatable bonds is 6. The average Bonchev–Trinajstić information content (AvgIpc) is 2.49. The van der Waals surface area contributed by atoms with Gasteiger partial charge in [-0.05, 0) is 37.1 Å². The second-order valence-electron chi connectivity index (χ2n) is 4.86. The minimum Gasteiger partial charge on any atom is -0.493 e. The van der Waals surface area contributed by atoms with Crippen molar-refractivity contribution >= 4 is 11.6 Å². The first kappa shape index (κ1) is 15.9. The standard InChI is InChI=1S/C17H17F2NO2/c1-12-6-2-3-9-15(12)22-11-5-10-16(21)20-17-13(18)7-4-8-14(17)19/h2-4,6-9H,5,10-11H2,1H3,(H,20,21). The summed E-state index contributed by atoms with van der Waals surface area (Å²) in [6, 6.07) is 11.0. The molecule has 1 N–H and O–H groups in total. The summed E-state index contributed by atoms with van der Waals surface area (Å²) < 4.78 is 32.3. The van der Waals surface area contributed by atoms with Crippen LogP contribution in [-0.2, 0) is 4.79 Å². The van der Waals surface area contributed by atoms with Crippen molar-refractivity contribution in [3.8, 4) is 5.75 Å². The number of benzene rings is 2. The smallest absolute Gasteiger partial charge is 0.224 e. The van der Waals surface area contributed by atoms with Gasteiger partial charge in [-0.15, -0.1) is 0 Å². The van der Waals surface area contributed by atoms with E-state index in [1.807, 2.05) is 31.2 Å². The third-order valence-electron chi connectivity index (χ3n) is 3.13. The number of nitrogens with one attached hydrogen (secondary N) is 1. The molecule has 1 amide bonds. The number of amides is 1. The number of halogens is 2. The Morgan fingerprint density at radius 2 is 1.77 bits per heavy atom. The highest BCUT2D eigenvalue weighted by Crippen LogP contribution is 2.19. The van der Waals surface area contributed by atoms with E-state index in [2.05, 4.69) is 5.32 Å². The second-order valence-corrected chi connectivity index (χ2v) is 4.86. The topological polar surface area (TPSA) is 38.3 Å². The van der Waals surface area contributed by atoms with Crippen molar-refractivity contribution in [3.05, 3.63) is 59.7 Å².